The van der Waals surface area contributed by atoms with Gasteiger partial charge in [-0.3, -0.25) is 0 Å². The second kappa shape index (κ2) is 6.04. The maximum atomic E-state index is 13.2. The maximum absolute atomic E-state index is 13.2. The van der Waals surface area contributed by atoms with Crippen molar-refractivity contribution in [3.8, 4) is 5.75 Å². The number of benzene rings is 2. The van der Waals surface area contributed by atoms with Crippen LogP contribution in [0.25, 0.3) is 0 Å². The van der Waals surface area contributed by atoms with E-state index in [-0.39, 0.29) is 17.0 Å². The van der Waals surface area contributed by atoms with Gasteiger partial charge in [-0.2, -0.15) is 0 Å². The van der Waals surface area contributed by atoms with Crippen molar-refractivity contribution in [3.63, 3.8) is 0 Å². The molecule has 1 aliphatic heterocycles. The lowest BCUT2D eigenvalue weighted by Crippen LogP contribution is -2.34. The third kappa shape index (κ3) is 3.04. The highest BCUT2D eigenvalue weighted by molar-refractivity contribution is 6.30. The topological polar surface area (TPSA) is 35.2 Å². The average molecular weight is 306 g/mol. The van der Waals surface area contributed by atoms with Crippen LogP contribution in [0.4, 0.5) is 4.39 Å². The molecule has 0 amide bonds. The molecule has 0 radical (unpaired) electrons. The summed E-state index contributed by atoms with van der Waals surface area (Å²) in [5, 5.41) is 0.145. The van der Waals surface area contributed by atoms with E-state index in [1.807, 2.05) is 18.2 Å². The Bertz CT molecular complexity index is 646. The van der Waals surface area contributed by atoms with E-state index in [1.54, 1.807) is 12.1 Å². The Morgan fingerprint density at radius 2 is 2.10 bits per heavy atom. The minimum atomic E-state index is -0.398. The van der Waals surface area contributed by atoms with Crippen LogP contribution in [-0.4, -0.2) is 12.6 Å². The summed E-state index contributed by atoms with van der Waals surface area (Å²) in [7, 11) is 0. The van der Waals surface area contributed by atoms with Gasteiger partial charge < -0.3 is 10.5 Å². The van der Waals surface area contributed by atoms with Gasteiger partial charge in [-0.25, -0.2) is 4.39 Å². The summed E-state index contributed by atoms with van der Waals surface area (Å²) in [5.41, 5.74) is 8.50. The number of nitrogens with two attached hydrogens (primary N) is 1. The van der Waals surface area contributed by atoms with Crippen LogP contribution < -0.4 is 10.5 Å². The largest absolute Gasteiger partial charge is 0.493 e. The fourth-order valence-corrected chi connectivity index (χ4v) is 3.10. The Hall–Kier alpha value is -1.58. The summed E-state index contributed by atoms with van der Waals surface area (Å²) in [4.78, 5) is 0. The molecule has 0 aromatic heterocycles. The molecule has 1 heterocycles. The number of para-hydroxylation sites is 1. The van der Waals surface area contributed by atoms with Gasteiger partial charge in [0, 0.05) is 12.0 Å². The third-order valence-corrected chi connectivity index (χ3v) is 4.27. The van der Waals surface area contributed by atoms with E-state index in [0.717, 1.165) is 23.3 Å². The lowest BCUT2D eigenvalue weighted by molar-refractivity contribution is 0.254. The van der Waals surface area contributed by atoms with Crippen molar-refractivity contribution in [2.45, 2.75) is 24.8 Å². The van der Waals surface area contributed by atoms with Gasteiger partial charge in [-0.05, 0) is 42.2 Å². The molecule has 2 unspecified atom stereocenters. The molecule has 0 bridgehead atoms. The van der Waals surface area contributed by atoms with E-state index < -0.39 is 5.82 Å². The smallest absolute Gasteiger partial charge is 0.141 e. The van der Waals surface area contributed by atoms with Crippen LogP contribution in [0.1, 0.15) is 23.5 Å². The van der Waals surface area contributed by atoms with Crippen molar-refractivity contribution in [1.82, 2.24) is 0 Å². The molecule has 0 aliphatic carbocycles. The first-order chi connectivity index (χ1) is 10.1. The van der Waals surface area contributed by atoms with E-state index >= 15 is 0 Å². The van der Waals surface area contributed by atoms with E-state index in [2.05, 4.69) is 6.07 Å². The lowest BCUT2D eigenvalue weighted by Gasteiger charge is -2.30. The number of ether oxygens (including phenoxy) is 1. The number of fused-ring (bicyclic) bond motifs is 1. The standard InChI is InChI=1S/C17H17ClFNO/c18-14-9-11(5-6-15(14)19)10-16(20)12-7-8-21-17-4-2-1-3-13(12)17/h1-6,9,12,16H,7-8,10,20H2. The Morgan fingerprint density at radius 3 is 2.90 bits per heavy atom. The van der Waals surface area contributed by atoms with Crippen LogP contribution in [0.3, 0.4) is 0 Å². The van der Waals surface area contributed by atoms with E-state index in [4.69, 9.17) is 22.1 Å². The monoisotopic (exact) mass is 305 g/mol. The molecular weight excluding hydrogens is 289 g/mol. The molecule has 0 spiro atoms. The Kier molecular flexibility index (Phi) is 4.13. The first-order valence-corrected chi connectivity index (χ1v) is 7.44. The number of halogens is 2. The number of hydrogen-bond donors (Lipinski definition) is 1. The Balaban J connectivity index is 1.80. The molecule has 0 saturated heterocycles. The van der Waals surface area contributed by atoms with E-state index in [9.17, 15) is 4.39 Å². The fraction of sp³-hybridized carbons (Fsp3) is 0.294. The van der Waals surface area contributed by atoms with Crippen LogP contribution in [0.2, 0.25) is 5.02 Å². The molecule has 0 saturated carbocycles. The average Bonchev–Trinajstić information content (AvgIpc) is 2.50. The van der Waals surface area contributed by atoms with Crippen molar-refractivity contribution < 1.29 is 9.13 Å². The third-order valence-electron chi connectivity index (χ3n) is 3.98. The molecule has 3 rings (SSSR count). The van der Waals surface area contributed by atoms with Gasteiger partial charge >= 0.3 is 0 Å². The molecule has 0 fully saturated rings. The summed E-state index contributed by atoms with van der Waals surface area (Å²) in [5.74, 6) is 0.769. The first-order valence-electron chi connectivity index (χ1n) is 7.06. The predicted octanol–water partition coefficient (Wildman–Crippen LogP) is 3.92. The minimum Gasteiger partial charge on any atom is -0.493 e. The second-order valence-corrected chi connectivity index (χ2v) is 5.81. The van der Waals surface area contributed by atoms with Crippen LogP contribution in [-0.2, 0) is 6.42 Å². The zero-order valence-electron chi connectivity index (χ0n) is 11.6. The van der Waals surface area contributed by atoms with Gasteiger partial charge in [0.25, 0.3) is 0 Å². The predicted molar refractivity (Wildman–Crippen MR) is 82.4 cm³/mol. The Morgan fingerprint density at radius 1 is 1.29 bits per heavy atom. The molecule has 21 heavy (non-hydrogen) atoms. The van der Waals surface area contributed by atoms with Gasteiger partial charge in [0.2, 0.25) is 0 Å². The number of rotatable bonds is 3. The van der Waals surface area contributed by atoms with E-state index in [0.29, 0.717) is 13.0 Å². The highest BCUT2D eigenvalue weighted by Crippen LogP contribution is 2.35. The van der Waals surface area contributed by atoms with Crippen LogP contribution in [0.5, 0.6) is 5.75 Å². The summed E-state index contributed by atoms with van der Waals surface area (Å²) in [6.07, 6.45) is 1.56. The van der Waals surface area contributed by atoms with Crippen molar-refractivity contribution in [3.05, 3.63) is 64.4 Å². The highest BCUT2D eigenvalue weighted by atomic mass is 35.5. The first kappa shape index (κ1) is 14.4. The molecule has 2 nitrogen and oxygen atoms in total. The molecule has 110 valence electrons. The lowest BCUT2D eigenvalue weighted by atomic mass is 9.84. The summed E-state index contributed by atoms with van der Waals surface area (Å²) >= 11 is 5.83. The summed E-state index contributed by atoms with van der Waals surface area (Å²) in [6.45, 7) is 0.680. The second-order valence-electron chi connectivity index (χ2n) is 5.40. The molecule has 2 aromatic rings. The molecule has 2 aromatic carbocycles. The van der Waals surface area contributed by atoms with Crippen LogP contribution >= 0.6 is 11.6 Å². The summed E-state index contributed by atoms with van der Waals surface area (Å²) in [6, 6.07) is 12.8. The van der Waals surface area contributed by atoms with Crippen LogP contribution in [0, 0.1) is 5.82 Å². The van der Waals surface area contributed by atoms with Crippen LogP contribution in [0.15, 0.2) is 42.5 Å². The zero-order valence-corrected chi connectivity index (χ0v) is 12.3. The van der Waals surface area contributed by atoms with Gasteiger partial charge in [-0.15, -0.1) is 0 Å². The van der Waals surface area contributed by atoms with E-state index in [1.165, 1.54) is 6.07 Å². The highest BCUT2D eigenvalue weighted by Gasteiger charge is 2.26. The number of hydrogen-bond acceptors (Lipinski definition) is 2. The molecule has 2 N–H and O–H groups in total. The molecular formula is C17H17ClFNO. The molecule has 2 atom stereocenters. The van der Waals surface area contributed by atoms with Crippen molar-refractivity contribution in [2.75, 3.05) is 6.61 Å². The molecule has 1 aliphatic rings. The van der Waals surface area contributed by atoms with Gasteiger partial charge in [-0.1, -0.05) is 35.9 Å². The summed E-state index contributed by atoms with van der Waals surface area (Å²) < 4.78 is 18.9. The molecule has 4 heteroatoms. The van der Waals surface area contributed by atoms with Gasteiger partial charge in [0.1, 0.15) is 11.6 Å². The van der Waals surface area contributed by atoms with Crippen molar-refractivity contribution in [1.29, 1.82) is 0 Å². The normalized spacial score (nSPS) is 18.7. The van der Waals surface area contributed by atoms with Gasteiger partial charge in [0.05, 0.1) is 11.6 Å². The zero-order chi connectivity index (χ0) is 14.8. The quantitative estimate of drug-likeness (QED) is 0.933. The maximum Gasteiger partial charge on any atom is 0.141 e. The van der Waals surface area contributed by atoms with Crippen molar-refractivity contribution in [2.24, 2.45) is 5.73 Å². The van der Waals surface area contributed by atoms with Crippen molar-refractivity contribution >= 4 is 11.6 Å². The van der Waals surface area contributed by atoms with Gasteiger partial charge in [0.15, 0.2) is 0 Å². The fourth-order valence-electron chi connectivity index (χ4n) is 2.90. The minimum absolute atomic E-state index is 0.0448. The SMILES string of the molecule is NC(Cc1ccc(F)c(Cl)c1)C1CCOc2ccccc21. The Labute approximate surface area is 128 Å².